The molecule has 11 heteroatoms. The SMILES string of the molecule is CCOP(=O)(OCC)[C@H](OP(O[C@@H](c1ccccc1)P(=O)(OCC)OCC)c1ccccc1)c1ccccc1. The van der Waals surface area contributed by atoms with Crippen LogP contribution in [-0.4, -0.2) is 26.4 Å². The van der Waals surface area contributed by atoms with Crippen LogP contribution in [0.3, 0.4) is 0 Å². The predicted octanol–water partition coefficient (Wildman–Crippen LogP) is 8.59. The van der Waals surface area contributed by atoms with Gasteiger partial charge in [0.15, 0.2) is 11.7 Å². The summed E-state index contributed by atoms with van der Waals surface area (Å²) in [6.45, 7) is 7.61. The quantitative estimate of drug-likeness (QED) is 0.144. The minimum absolute atomic E-state index is 0.157. The average Bonchev–Trinajstić information content (AvgIpc) is 2.95. The van der Waals surface area contributed by atoms with Crippen molar-refractivity contribution in [3.05, 3.63) is 102 Å². The van der Waals surface area contributed by atoms with Crippen molar-refractivity contribution in [2.45, 2.75) is 39.4 Å². The third-order valence-electron chi connectivity index (χ3n) is 5.34. The van der Waals surface area contributed by atoms with Crippen molar-refractivity contribution in [3.8, 4) is 0 Å². The van der Waals surface area contributed by atoms with Crippen LogP contribution in [-0.2, 0) is 36.3 Å². The van der Waals surface area contributed by atoms with Gasteiger partial charge in [-0.05, 0) is 51.0 Å². The highest BCUT2D eigenvalue weighted by Crippen LogP contribution is 2.69. The van der Waals surface area contributed by atoms with E-state index in [-0.39, 0.29) is 26.4 Å². The van der Waals surface area contributed by atoms with Crippen LogP contribution >= 0.6 is 23.6 Å². The second-order valence-electron chi connectivity index (χ2n) is 8.08. The zero-order chi connectivity index (χ0) is 28.1. The Kier molecular flexibility index (Phi) is 13.0. The zero-order valence-corrected chi connectivity index (χ0v) is 25.4. The highest BCUT2D eigenvalue weighted by Gasteiger charge is 2.44. The van der Waals surface area contributed by atoms with Crippen molar-refractivity contribution in [2.75, 3.05) is 26.4 Å². The summed E-state index contributed by atoms with van der Waals surface area (Å²) in [6, 6.07) is 27.5. The first-order chi connectivity index (χ1) is 18.9. The van der Waals surface area contributed by atoms with E-state index in [1.165, 1.54) is 0 Å². The molecule has 3 aromatic rings. The summed E-state index contributed by atoms with van der Waals surface area (Å²) < 4.78 is 64.3. The van der Waals surface area contributed by atoms with Crippen molar-refractivity contribution in [1.82, 2.24) is 0 Å². The van der Waals surface area contributed by atoms with E-state index >= 15 is 0 Å². The van der Waals surface area contributed by atoms with Gasteiger partial charge in [0, 0.05) is 5.30 Å². The lowest BCUT2D eigenvalue weighted by Gasteiger charge is -2.33. The van der Waals surface area contributed by atoms with Crippen LogP contribution in [0.15, 0.2) is 91.0 Å². The van der Waals surface area contributed by atoms with Crippen LogP contribution in [0, 0.1) is 0 Å². The van der Waals surface area contributed by atoms with Gasteiger partial charge in [-0.25, -0.2) is 0 Å². The van der Waals surface area contributed by atoms with Gasteiger partial charge >= 0.3 is 15.2 Å². The molecule has 3 aromatic carbocycles. The van der Waals surface area contributed by atoms with E-state index in [1.807, 2.05) is 66.7 Å². The molecule has 3 atom stereocenters. The summed E-state index contributed by atoms with van der Waals surface area (Å²) in [4.78, 5) is 0. The van der Waals surface area contributed by atoms with Crippen LogP contribution < -0.4 is 5.30 Å². The van der Waals surface area contributed by atoms with Crippen LogP contribution in [0.4, 0.5) is 0 Å². The molecular formula is C28H37O8P3. The van der Waals surface area contributed by atoms with E-state index in [1.54, 1.807) is 52.0 Å². The first-order valence-corrected chi connectivity index (χ1v) is 17.4. The highest BCUT2D eigenvalue weighted by molar-refractivity contribution is 7.59. The third kappa shape index (κ3) is 8.65. The molecule has 8 nitrogen and oxygen atoms in total. The van der Waals surface area contributed by atoms with Crippen molar-refractivity contribution >= 4 is 28.9 Å². The molecule has 0 heterocycles. The molecule has 0 aliphatic rings. The summed E-state index contributed by atoms with van der Waals surface area (Å²) >= 11 is 0. The molecule has 3 rings (SSSR count). The summed E-state index contributed by atoms with van der Waals surface area (Å²) in [6.07, 6.45) is 0. The fraction of sp³-hybridized carbons (Fsp3) is 0.357. The van der Waals surface area contributed by atoms with Gasteiger partial charge in [0.25, 0.3) is 0 Å². The molecule has 0 aliphatic heterocycles. The van der Waals surface area contributed by atoms with Crippen molar-refractivity contribution in [3.63, 3.8) is 0 Å². The monoisotopic (exact) mass is 594 g/mol. The Morgan fingerprint density at radius 1 is 0.538 bits per heavy atom. The summed E-state index contributed by atoms with van der Waals surface area (Å²) in [5.41, 5.74) is 1.20. The fourth-order valence-electron chi connectivity index (χ4n) is 3.78. The lowest BCUT2D eigenvalue weighted by atomic mass is 10.2. The standard InChI is InChI=1S/C28H37O8P3/c1-5-31-38(29,32-6-2)27(24-18-12-9-13-19-24)35-37(26-22-16-11-17-23-26)36-28(25-20-14-10-15-21-25)39(30,33-7-3)34-8-4/h9-23,27-28H,5-8H2,1-4H3/t27-,28+,37?. The maximum atomic E-state index is 14.1. The van der Waals surface area contributed by atoms with Crippen LogP contribution in [0.1, 0.15) is 50.5 Å². The van der Waals surface area contributed by atoms with Crippen molar-refractivity contribution in [2.24, 2.45) is 0 Å². The molecule has 212 valence electrons. The van der Waals surface area contributed by atoms with E-state index in [0.717, 1.165) is 0 Å². The third-order valence-corrected chi connectivity index (χ3v) is 11.6. The van der Waals surface area contributed by atoms with Gasteiger partial charge in [0.1, 0.15) is 0 Å². The molecule has 0 amide bonds. The molecule has 39 heavy (non-hydrogen) atoms. The molecule has 0 bridgehead atoms. The Labute approximate surface area is 232 Å². The molecule has 0 aliphatic carbocycles. The van der Waals surface area contributed by atoms with E-state index in [4.69, 9.17) is 27.1 Å². The lowest BCUT2D eigenvalue weighted by Crippen LogP contribution is -2.16. The molecule has 0 saturated heterocycles. The number of hydrogen-bond donors (Lipinski definition) is 0. The zero-order valence-electron chi connectivity index (χ0n) is 22.8. The molecular weight excluding hydrogens is 557 g/mol. The van der Waals surface area contributed by atoms with Crippen LogP contribution in [0.5, 0.6) is 0 Å². The van der Waals surface area contributed by atoms with Crippen LogP contribution in [0.25, 0.3) is 0 Å². The summed E-state index contributed by atoms with van der Waals surface area (Å²) in [7, 11) is -9.67. The number of hydrogen-bond acceptors (Lipinski definition) is 8. The molecule has 0 aromatic heterocycles. The maximum Gasteiger partial charge on any atom is 0.364 e. The predicted molar refractivity (Wildman–Crippen MR) is 155 cm³/mol. The summed E-state index contributed by atoms with van der Waals surface area (Å²) in [5.74, 6) is -2.22. The normalized spacial score (nSPS) is 14.6. The molecule has 0 spiro atoms. The van der Waals surface area contributed by atoms with E-state index in [0.29, 0.717) is 16.4 Å². The second-order valence-corrected chi connectivity index (χ2v) is 13.7. The first-order valence-electron chi connectivity index (χ1n) is 13.0. The Hall–Kier alpha value is -1.69. The van der Waals surface area contributed by atoms with Crippen molar-refractivity contribution in [1.29, 1.82) is 0 Å². The van der Waals surface area contributed by atoms with E-state index in [9.17, 15) is 9.13 Å². The Balaban J connectivity index is 2.14. The van der Waals surface area contributed by atoms with Crippen molar-refractivity contribution < 1.29 is 36.3 Å². The fourth-order valence-corrected chi connectivity index (χ4v) is 9.74. The largest absolute Gasteiger partial charge is 0.364 e. The maximum absolute atomic E-state index is 14.1. The van der Waals surface area contributed by atoms with Gasteiger partial charge < -0.3 is 27.1 Å². The minimum Gasteiger partial charge on any atom is -0.309 e. The average molecular weight is 595 g/mol. The molecule has 1 unspecified atom stereocenters. The summed E-state index contributed by atoms with van der Waals surface area (Å²) in [5, 5.41) is 0.674. The molecule has 0 radical (unpaired) electrons. The molecule has 0 fully saturated rings. The minimum atomic E-state index is -3.82. The topological polar surface area (TPSA) is 89.5 Å². The van der Waals surface area contributed by atoms with Gasteiger partial charge in [-0.2, -0.15) is 0 Å². The smallest absolute Gasteiger partial charge is 0.309 e. The van der Waals surface area contributed by atoms with Gasteiger partial charge in [-0.3, -0.25) is 9.13 Å². The molecule has 0 saturated carbocycles. The van der Waals surface area contributed by atoms with Crippen LogP contribution in [0.2, 0.25) is 0 Å². The number of benzene rings is 3. The van der Waals surface area contributed by atoms with Gasteiger partial charge in [0.05, 0.1) is 26.4 Å². The lowest BCUT2D eigenvalue weighted by molar-refractivity contribution is 0.136. The van der Waals surface area contributed by atoms with Gasteiger partial charge in [0.2, 0.25) is 8.38 Å². The second kappa shape index (κ2) is 15.9. The van der Waals surface area contributed by atoms with E-state index in [2.05, 4.69) is 0 Å². The Morgan fingerprint density at radius 2 is 0.846 bits per heavy atom. The Bertz CT molecular complexity index is 1100. The van der Waals surface area contributed by atoms with E-state index < -0.39 is 35.3 Å². The highest BCUT2D eigenvalue weighted by atomic mass is 31.2. The number of rotatable bonds is 17. The van der Waals surface area contributed by atoms with Gasteiger partial charge in [-0.15, -0.1) is 0 Å². The Morgan fingerprint density at radius 3 is 1.15 bits per heavy atom. The molecule has 0 N–H and O–H groups in total. The first kappa shape index (κ1) is 31.8. The van der Waals surface area contributed by atoms with Gasteiger partial charge in [-0.1, -0.05) is 78.9 Å².